The smallest absolute Gasteiger partial charge is 0.360 e. The number of thioether (sulfide) groups is 1. The molecule has 22 heavy (non-hydrogen) atoms. The third-order valence-corrected chi connectivity index (χ3v) is 3.98. The minimum atomic E-state index is -0.510. The van der Waals surface area contributed by atoms with Gasteiger partial charge in [-0.05, 0) is 0 Å². The molecule has 6 nitrogen and oxygen atoms in total. The number of carbonyl (C=O) groups is 2. The molecule has 0 atom stereocenters. The Labute approximate surface area is 136 Å². The number of nitrogens with zero attached hydrogens (tertiary/aromatic N) is 3. The van der Waals surface area contributed by atoms with Crippen molar-refractivity contribution >= 4 is 23.5 Å². The van der Waals surface area contributed by atoms with E-state index >= 15 is 0 Å². The summed E-state index contributed by atoms with van der Waals surface area (Å²) in [5, 5.41) is 7.56. The Morgan fingerprint density at radius 3 is 2.41 bits per heavy atom. The third-order valence-electron chi connectivity index (χ3n) is 2.74. The van der Waals surface area contributed by atoms with Crippen LogP contribution in [0.5, 0.6) is 0 Å². The molecular weight excluding hydrogens is 302 g/mol. The van der Waals surface area contributed by atoms with E-state index in [4.69, 9.17) is 4.74 Å². The molecule has 0 aliphatic carbocycles. The molecule has 1 aromatic heterocycles. The van der Waals surface area contributed by atoms with Gasteiger partial charge in [0.25, 0.3) is 0 Å². The van der Waals surface area contributed by atoms with E-state index in [0.717, 1.165) is 5.75 Å². The zero-order chi connectivity index (χ0) is 17.0. The third kappa shape index (κ3) is 6.60. The first-order chi connectivity index (χ1) is 9.99. The molecule has 7 heteroatoms. The molecule has 0 aliphatic heterocycles. The fraction of sp³-hybridized carbons (Fsp3) is 0.733. The maximum atomic E-state index is 11.9. The zero-order valence-corrected chi connectivity index (χ0v) is 15.0. The van der Waals surface area contributed by atoms with Crippen molar-refractivity contribution < 1.29 is 14.3 Å². The van der Waals surface area contributed by atoms with Crippen LogP contribution in [0.3, 0.4) is 0 Å². The predicted octanol–water partition coefficient (Wildman–Crippen LogP) is 2.58. The normalized spacial score (nSPS) is 12.3. The van der Waals surface area contributed by atoms with Crippen LogP contribution in [0.1, 0.15) is 52.0 Å². The number of carbonyl (C=O) groups excluding carboxylic acids is 2. The predicted molar refractivity (Wildman–Crippen MR) is 87.0 cm³/mol. The Bertz CT molecular complexity index is 527. The Hall–Kier alpha value is -1.37. The second-order valence-corrected chi connectivity index (χ2v) is 8.99. The topological polar surface area (TPSA) is 74.1 Å². The number of aromatic nitrogens is 3. The van der Waals surface area contributed by atoms with Gasteiger partial charge in [-0.15, -0.1) is 5.10 Å². The van der Waals surface area contributed by atoms with E-state index in [1.807, 2.05) is 20.8 Å². The first kappa shape index (κ1) is 18.7. The first-order valence-electron chi connectivity index (χ1n) is 7.23. The van der Waals surface area contributed by atoms with Crippen molar-refractivity contribution in [1.29, 1.82) is 0 Å². The summed E-state index contributed by atoms with van der Waals surface area (Å²) in [6.45, 7) is 12.3. The van der Waals surface area contributed by atoms with Gasteiger partial charge in [0.05, 0.1) is 6.20 Å². The van der Waals surface area contributed by atoms with Crippen molar-refractivity contribution in [3.63, 3.8) is 0 Å². The highest BCUT2D eigenvalue weighted by Gasteiger charge is 2.22. The number of hydrogen-bond acceptors (Lipinski definition) is 6. The second kappa shape index (κ2) is 7.26. The largest absolute Gasteiger partial charge is 0.460 e. The van der Waals surface area contributed by atoms with Gasteiger partial charge in [0.2, 0.25) is 0 Å². The lowest BCUT2D eigenvalue weighted by Gasteiger charge is -2.16. The van der Waals surface area contributed by atoms with Gasteiger partial charge in [0.15, 0.2) is 11.5 Å². The molecule has 1 rings (SSSR count). The minimum absolute atomic E-state index is 0.0268. The Morgan fingerprint density at radius 1 is 1.23 bits per heavy atom. The highest BCUT2D eigenvalue weighted by molar-refractivity contribution is 8.00. The van der Waals surface area contributed by atoms with Crippen LogP contribution in [-0.2, 0) is 16.1 Å². The molecule has 1 heterocycles. The Balaban J connectivity index is 2.47. The van der Waals surface area contributed by atoms with Gasteiger partial charge in [-0.2, -0.15) is 11.8 Å². The summed E-state index contributed by atoms with van der Waals surface area (Å²) in [5.74, 6) is 0.245. The maximum absolute atomic E-state index is 11.9. The van der Waals surface area contributed by atoms with E-state index < -0.39 is 11.4 Å². The Morgan fingerprint density at radius 2 is 1.86 bits per heavy atom. The van der Waals surface area contributed by atoms with Gasteiger partial charge >= 0.3 is 5.97 Å². The van der Waals surface area contributed by atoms with Crippen LogP contribution in [0.4, 0.5) is 0 Å². The standard InChI is InChI=1S/C15H25N3O3S/c1-14(2,3)12(19)10-18-9-11(16-17-18)13(20)21-7-8-22-15(4,5)6/h9H,7-8,10H2,1-6H3. The van der Waals surface area contributed by atoms with Crippen molar-refractivity contribution in [3.05, 3.63) is 11.9 Å². The lowest BCUT2D eigenvalue weighted by atomic mass is 9.91. The number of Topliss-reactive ketones (excluding diaryl/α,β-unsaturated/α-hetero) is 1. The quantitative estimate of drug-likeness (QED) is 0.590. The van der Waals surface area contributed by atoms with Crippen LogP contribution in [0.25, 0.3) is 0 Å². The molecule has 1 aromatic rings. The van der Waals surface area contributed by atoms with E-state index in [1.54, 1.807) is 11.8 Å². The van der Waals surface area contributed by atoms with E-state index in [9.17, 15) is 9.59 Å². The summed E-state index contributed by atoms with van der Waals surface area (Å²) in [5.41, 5.74) is -0.320. The van der Waals surface area contributed by atoms with Gasteiger partial charge in [0.1, 0.15) is 13.2 Å². The summed E-state index contributed by atoms with van der Waals surface area (Å²) in [6, 6.07) is 0. The molecule has 0 aromatic carbocycles. The van der Waals surface area contributed by atoms with Gasteiger partial charge in [-0.1, -0.05) is 46.8 Å². The lowest BCUT2D eigenvalue weighted by Crippen LogP contribution is -2.25. The molecule has 0 amide bonds. The molecule has 0 saturated carbocycles. The van der Waals surface area contributed by atoms with Gasteiger partial charge in [-0.3, -0.25) is 4.79 Å². The van der Waals surface area contributed by atoms with Crippen molar-refractivity contribution in [2.24, 2.45) is 5.41 Å². The lowest BCUT2D eigenvalue weighted by molar-refractivity contribution is -0.127. The fourth-order valence-corrected chi connectivity index (χ4v) is 2.19. The van der Waals surface area contributed by atoms with Gasteiger partial charge in [0, 0.05) is 15.9 Å². The molecular formula is C15H25N3O3S. The van der Waals surface area contributed by atoms with Crippen LogP contribution in [-0.4, -0.2) is 43.9 Å². The summed E-state index contributed by atoms with van der Waals surface area (Å²) in [4.78, 5) is 23.7. The first-order valence-corrected chi connectivity index (χ1v) is 8.22. The molecule has 0 radical (unpaired) electrons. The van der Waals surface area contributed by atoms with E-state index in [1.165, 1.54) is 10.9 Å². The summed E-state index contributed by atoms with van der Waals surface area (Å²) < 4.78 is 6.66. The number of esters is 1. The molecule has 0 spiro atoms. The summed E-state index contributed by atoms with van der Waals surface area (Å²) in [6.07, 6.45) is 1.45. The van der Waals surface area contributed by atoms with Crippen LogP contribution in [0.15, 0.2) is 6.20 Å². The molecule has 0 N–H and O–H groups in total. The second-order valence-electron chi connectivity index (χ2n) is 7.07. The van der Waals surface area contributed by atoms with Crippen molar-refractivity contribution in [3.8, 4) is 0 Å². The molecule has 0 saturated heterocycles. The van der Waals surface area contributed by atoms with Crippen LogP contribution >= 0.6 is 11.8 Å². The number of ketones is 1. The summed E-state index contributed by atoms with van der Waals surface area (Å²) >= 11 is 1.72. The average molecular weight is 327 g/mol. The molecule has 124 valence electrons. The Kier molecular flexibility index (Phi) is 6.17. The summed E-state index contributed by atoms with van der Waals surface area (Å²) in [7, 11) is 0. The molecule has 0 aliphatic rings. The van der Waals surface area contributed by atoms with Crippen LogP contribution in [0, 0.1) is 5.41 Å². The van der Waals surface area contributed by atoms with E-state index in [0.29, 0.717) is 6.61 Å². The fourth-order valence-electron chi connectivity index (χ4n) is 1.41. The van der Waals surface area contributed by atoms with Crippen LogP contribution < -0.4 is 0 Å². The number of rotatable bonds is 6. The van der Waals surface area contributed by atoms with Crippen molar-refractivity contribution in [2.75, 3.05) is 12.4 Å². The molecule has 0 bridgehead atoms. The van der Waals surface area contributed by atoms with Crippen molar-refractivity contribution in [2.45, 2.75) is 52.8 Å². The van der Waals surface area contributed by atoms with Gasteiger partial charge < -0.3 is 4.74 Å². The van der Waals surface area contributed by atoms with E-state index in [-0.39, 0.29) is 22.8 Å². The average Bonchev–Trinajstić information content (AvgIpc) is 2.80. The van der Waals surface area contributed by atoms with Crippen molar-refractivity contribution in [1.82, 2.24) is 15.0 Å². The van der Waals surface area contributed by atoms with Crippen LogP contribution in [0.2, 0.25) is 0 Å². The molecule has 0 fully saturated rings. The highest BCUT2D eigenvalue weighted by Crippen LogP contribution is 2.22. The zero-order valence-electron chi connectivity index (χ0n) is 14.2. The SMILES string of the molecule is CC(C)(C)SCCOC(=O)c1cn(CC(=O)C(C)(C)C)nn1. The molecule has 0 unspecified atom stereocenters. The maximum Gasteiger partial charge on any atom is 0.360 e. The van der Waals surface area contributed by atoms with Gasteiger partial charge in [-0.25, -0.2) is 9.48 Å². The monoisotopic (exact) mass is 327 g/mol. The minimum Gasteiger partial charge on any atom is -0.460 e. The number of ether oxygens (including phenoxy) is 1. The van der Waals surface area contributed by atoms with E-state index in [2.05, 4.69) is 31.1 Å². The highest BCUT2D eigenvalue weighted by atomic mass is 32.2. The number of hydrogen-bond donors (Lipinski definition) is 0.